The molecular weight excluding hydrogens is 316 g/mol. The number of ether oxygens (including phenoxy) is 1. The summed E-state index contributed by atoms with van der Waals surface area (Å²) in [4.78, 5) is 26.6. The van der Waals surface area contributed by atoms with Crippen LogP contribution in [0.3, 0.4) is 0 Å². The van der Waals surface area contributed by atoms with Crippen LogP contribution in [-0.4, -0.2) is 44.0 Å². The average Bonchev–Trinajstić information content (AvgIpc) is 2.61. The monoisotopic (exact) mass is 340 g/mol. The molecule has 1 atom stereocenters. The largest absolute Gasteiger partial charge is 0.496 e. The SMILES string of the molecule is COc1cc(C(=O)N[C@H](Cc2ccccc2)C(=O)N(C)C)ccc1C. The summed E-state index contributed by atoms with van der Waals surface area (Å²) in [5.41, 5.74) is 2.40. The Labute approximate surface area is 148 Å². The molecule has 0 bridgehead atoms. The quantitative estimate of drug-likeness (QED) is 0.879. The van der Waals surface area contributed by atoms with Crippen molar-refractivity contribution in [1.29, 1.82) is 0 Å². The predicted molar refractivity (Wildman–Crippen MR) is 97.8 cm³/mol. The molecule has 2 aromatic rings. The molecule has 0 radical (unpaired) electrons. The van der Waals surface area contributed by atoms with Gasteiger partial charge in [-0.3, -0.25) is 9.59 Å². The maximum absolute atomic E-state index is 12.6. The van der Waals surface area contributed by atoms with Gasteiger partial charge in [0.25, 0.3) is 5.91 Å². The maximum Gasteiger partial charge on any atom is 0.252 e. The fourth-order valence-corrected chi connectivity index (χ4v) is 2.56. The van der Waals surface area contributed by atoms with Crippen LogP contribution in [0.15, 0.2) is 48.5 Å². The molecule has 0 aromatic heterocycles. The van der Waals surface area contributed by atoms with Crippen molar-refractivity contribution >= 4 is 11.8 Å². The van der Waals surface area contributed by atoms with Gasteiger partial charge < -0.3 is 15.0 Å². The van der Waals surface area contributed by atoms with Crippen LogP contribution in [0, 0.1) is 6.92 Å². The van der Waals surface area contributed by atoms with Crippen molar-refractivity contribution < 1.29 is 14.3 Å². The Balaban J connectivity index is 2.20. The van der Waals surface area contributed by atoms with Crippen molar-refractivity contribution in [3.05, 3.63) is 65.2 Å². The summed E-state index contributed by atoms with van der Waals surface area (Å²) in [6.07, 6.45) is 0.437. The first-order valence-electron chi connectivity index (χ1n) is 8.13. The standard InChI is InChI=1S/C20H24N2O3/c1-14-10-11-16(13-18(14)25-4)19(23)21-17(20(24)22(2)3)12-15-8-6-5-7-9-15/h5-11,13,17H,12H2,1-4H3,(H,21,23)/t17-/m1/s1. The third kappa shape index (κ3) is 4.83. The number of benzene rings is 2. The van der Waals surface area contributed by atoms with Crippen molar-refractivity contribution in [2.45, 2.75) is 19.4 Å². The summed E-state index contributed by atoms with van der Waals surface area (Å²) in [5.74, 6) is 0.205. The molecule has 2 aromatic carbocycles. The molecule has 132 valence electrons. The number of nitrogens with zero attached hydrogens (tertiary/aromatic N) is 1. The zero-order valence-corrected chi connectivity index (χ0v) is 15.1. The molecule has 0 saturated carbocycles. The van der Waals surface area contributed by atoms with Gasteiger partial charge in [0.1, 0.15) is 11.8 Å². The third-order valence-corrected chi connectivity index (χ3v) is 4.00. The average molecular weight is 340 g/mol. The van der Waals surface area contributed by atoms with Gasteiger partial charge in [-0.15, -0.1) is 0 Å². The Kier molecular flexibility index (Phi) is 6.17. The summed E-state index contributed by atoms with van der Waals surface area (Å²) in [6, 6.07) is 14.2. The zero-order chi connectivity index (χ0) is 18.4. The molecule has 5 nitrogen and oxygen atoms in total. The highest BCUT2D eigenvalue weighted by Gasteiger charge is 2.23. The Bertz CT molecular complexity index is 742. The van der Waals surface area contributed by atoms with Crippen molar-refractivity contribution in [3.63, 3.8) is 0 Å². The molecule has 2 amide bonds. The Morgan fingerprint density at radius 3 is 2.40 bits per heavy atom. The lowest BCUT2D eigenvalue weighted by Gasteiger charge is -2.22. The number of hydrogen-bond donors (Lipinski definition) is 1. The number of amides is 2. The highest BCUT2D eigenvalue weighted by atomic mass is 16.5. The van der Waals surface area contributed by atoms with E-state index in [2.05, 4.69) is 5.32 Å². The zero-order valence-electron chi connectivity index (χ0n) is 15.1. The summed E-state index contributed by atoms with van der Waals surface area (Å²) in [5, 5.41) is 2.85. The smallest absolute Gasteiger partial charge is 0.252 e. The van der Waals surface area contributed by atoms with E-state index in [0.29, 0.717) is 17.7 Å². The molecule has 5 heteroatoms. The highest BCUT2D eigenvalue weighted by molar-refractivity contribution is 5.98. The van der Waals surface area contributed by atoms with Crippen molar-refractivity contribution in [2.75, 3.05) is 21.2 Å². The maximum atomic E-state index is 12.6. The van der Waals surface area contributed by atoms with Crippen LogP contribution >= 0.6 is 0 Å². The van der Waals surface area contributed by atoms with Gasteiger partial charge in [-0.25, -0.2) is 0 Å². The second-order valence-corrected chi connectivity index (χ2v) is 6.13. The molecule has 0 unspecified atom stereocenters. The van der Waals surface area contributed by atoms with Gasteiger partial charge >= 0.3 is 0 Å². The molecule has 0 fully saturated rings. The molecule has 0 heterocycles. The van der Waals surface area contributed by atoms with E-state index in [1.54, 1.807) is 33.3 Å². The molecule has 0 aliphatic heterocycles. The summed E-state index contributed by atoms with van der Waals surface area (Å²) >= 11 is 0. The van der Waals surface area contributed by atoms with E-state index in [-0.39, 0.29) is 11.8 Å². The van der Waals surface area contributed by atoms with Crippen molar-refractivity contribution in [1.82, 2.24) is 10.2 Å². The minimum atomic E-state index is -0.628. The number of aryl methyl sites for hydroxylation is 1. The Morgan fingerprint density at radius 2 is 1.80 bits per heavy atom. The highest BCUT2D eigenvalue weighted by Crippen LogP contribution is 2.19. The summed E-state index contributed by atoms with van der Waals surface area (Å²) in [7, 11) is 4.93. The van der Waals surface area contributed by atoms with Crippen LogP contribution in [0.1, 0.15) is 21.5 Å². The fraction of sp³-hybridized carbons (Fsp3) is 0.300. The number of carbonyl (C=O) groups excluding carboxylic acids is 2. The number of carbonyl (C=O) groups is 2. The normalized spacial score (nSPS) is 11.5. The molecule has 2 rings (SSSR count). The van der Waals surface area contributed by atoms with E-state index in [0.717, 1.165) is 11.1 Å². The van der Waals surface area contributed by atoms with Crippen molar-refractivity contribution in [3.8, 4) is 5.75 Å². The first-order chi connectivity index (χ1) is 11.9. The lowest BCUT2D eigenvalue weighted by atomic mass is 10.0. The summed E-state index contributed by atoms with van der Waals surface area (Å²) < 4.78 is 5.27. The van der Waals surface area contributed by atoms with Crippen molar-refractivity contribution in [2.24, 2.45) is 0 Å². The van der Waals surface area contributed by atoms with Crippen LogP contribution in [0.2, 0.25) is 0 Å². The van der Waals surface area contributed by atoms with Crippen LogP contribution in [0.5, 0.6) is 5.75 Å². The number of rotatable bonds is 6. The molecular formula is C20H24N2O3. The number of likely N-dealkylation sites (N-methyl/N-ethyl adjacent to an activating group) is 1. The number of hydrogen-bond acceptors (Lipinski definition) is 3. The molecule has 25 heavy (non-hydrogen) atoms. The van der Waals surface area contributed by atoms with Gasteiger partial charge in [0.15, 0.2) is 0 Å². The fourth-order valence-electron chi connectivity index (χ4n) is 2.56. The lowest BCUT2D eigenvalue weighted by Crippen LogP contribution is -2.47. The topological polar surface area (TPSA) is 58.6 Å². The first-order valence-corrected chi connectivity index (χ1v) is 8.13. The van der Waals surface area contributed by atoms with E-state index in [9.17, 15) is 9.59 Å². The second-order valence-electron chi connectivity index (χ2n) is 6.13. The van der Waals surface area contributed by atoms with Crippen LogP contribution < -0.4 is 10.1 Å². The third-order valence-electron chi connectivity index (χ3n) is 4.00. The lowest BCUT2D eigenvalue weighted by molar-refractivity contribution is -0.130. The van der Waals surface area contributed by atoms with Gasteiger partial charge in [0, 0.05) is 26.1 Å². The molecule has 0 aliphatic carbocycles. The van der Waals surface area contributed by atoms with Crippen LogP contribution in [0.4, 0.5) is 0 Å². The van der Waals surface area contributed by atoms with E-state index < -0.39 is 6.04 Å². The van der Waals surface area contributed by atoms with E-state index in [1.807, 2.05) is 43.3 Å². The second kappa shape index (κ2) is 8.33. The van der Waals surface area contributed by atoms with Gasteiger partial charge in [-0.2, -0.15) is 0 Å². The van der Waals surface area contributed by atoms with E-state index in [1.165, 1.54) is 4.90 Å². The van der Waals surface area contributed by atoms with E-state index in [4.69, 9.17) is 4.74 Å². The van der Waals surface area contributed by atoms with Crippen LogP contribution in [0.25, 0.3) is 0 Å². The van der Waals surface area contributed by atoms with Gasteiger partial charge in [-0.1, -0.05) is 36.4 Å². The number of nitrogens with one attached hydrogen (secondary N) is 1. The van der Waals surface area contributed by atoms with Gasteiger partial charge in [0.05, 0.1) is 7.11 Å². The molecule has 0 spiro atoms. The molecule has 0 aliphatic rings. The summed E-state index contributed by atoms with van der Waals surface area (Å²) in [6.45, 7) is 1.91. The number of methoxy groups -OCH3 is 1. The Morgan fingerprint density at radius 1 is 1.12 bits per heavy atom. The van der Waals surface area contributed by atoms with Crippen LogP contribution in [-0.2, 0) is 11.2 Å². The minimum absolute atomic E-state index is 0.142. The Hall–Kier alpha value is -2.82. The predicted octanol–water partition coefficient (Wildman–Crippen LogP) is 2.43. The minimum Gasteiger partial charge on any atom is -0.496 e. The molecule has 1 N–H and O–H groups in total. The molecule has 0 saturated heterocycles. The van der Waals surface area contributed by atoms with Gasteiger partial charge in [0.2, 0.25) is 5.91 Å². The van der Waals surface area contributed by atoms with Gasteiger partial charge in [-0.05, 0) is 30.2 Å². The van der Waals surface area contributed by atoms with E-state index >= 15 is 0 Å². The first kappa shape index (κ1) is 18.5.